The lowest BCUT2D eigenvalue weighted by Gasteiger charge is -2.30. The number of hydrogen-bond donors (Lipinski definition) is 0. The van der Waals surface area contributed by atoms with E-state index in [0.29, 0.717) is 0 Å². The van der Waals surface area contributed by atoms with E-state index in [2.05, 4.69) is 30.2 Å². The number of alkyl halides is 2. The second-order valence-electron chi connectivity index (χ2n) is 6.10. The molecule has 0 bridgehead atoms. The van der Waals surface area contributed by atoms with E-state index in [0.717, 1.165) is 31.2 Å². The second-order valence-corrected chi connectivity index (χ2v) is 6.10. The Morgan fingerprint density at radius 3 is 2.38 bits per heavy atom. The van der Waals surface area contributed by atoms with Crippen molar-refractivity contribution in [2.75, 3.05) is 0 Å². The standard InChI is InChI=1S/C17H24F2O2/c1-4-6-7-11-16(3,10-5-2)13-8-9-14-15(12-13)21-17(18,19)20-14/h8-9,12H,4-7,10-11H2,1-3H3. The molecule has 118 valence electrons. The number of benzene rings is 1. The normalized spacial score (nSPS) is 18.5. The summed E-state index contributed by atoms with van der Waals surface area (Å²) in [7, 11) is 0. The summed E-state index contributed by atoms with van der Waals surface area (Å²) in [4.78, 5) is 0. The molecule has 0 spiro atoms. The number of hydrogen-bond acceptors (Lipinski definition) is 2. The SMILES string of the molecule is CCCCCC(C)(CCC)c1ccc2c(c1)OC(F)(F)O2. The molecular formula is C17H24F2O2. The molecule has 0 saturated heterocycles. The van der Waals surface area contributed by atoms with E-state index in [1.807, 2.05) is 6.07 Å². The minimum absolute atomic E-state index is 0.000184. The molecule has 2 rings (SSSR count). The van der Waals surface area contributed by atoms with Gasteiger partial charge in [0.2, 0.25) is 0 Å². The summed E-state index contributed by atoms with van der Waals surface area (Å²) >= 11 is 0. The van der Waals surface area contributed by atoms with Crippen molar-refractivity contribution < 1.29 is 18.3 Å². The van der Waals surface area contributed by atoms with Crippen LogP contribution in [0, 0.1) is 0 Å². The first kappa shape index (κ1) is 16.1. The molecule has 0 fully saturated rings. The van der Waals surface area contributed by atoms with Crippen molar-refractivity contribution in [2.45, 2.75) is 71.0 Å². The number of rotatable bonds is 7. The lowest BCUT2D eigenvalue weighted by atomic mass is 9.74. The lowest BCUT2D eigenvalue weighted by molar-refractivity contribution is -0.286. The van der Waals surface area contributed by atoms with Crippen LogP contribution in [0.15, 0.2) is 18.2 Å². The molecule has 0 radical (unpaired) electrons. The van der Waals surface area contributed by atoms with E-state index in [1.165, 1.54) is 12.8 Å². The maximum absolute atomic E-state index is 13.1. The van der Waals surface area contributed by atoms with Crippen LogP contribution in [0.25, 0.3) is 0 Å². The fourth-order valence-electron chi connectivity index (χ4n) is 3.06. The summed E-state index contributed by atoms with van der Waals surface area (Å²) in [5.41, 5.74) is 1.06. The fraction of sp³-hybridized carbons (Fsp3) is 0.647. The minimum Gasteiger partial charge on any atom is -0.395 e. The molecule has 4 heteroatoms. The summed E-state index contributed by atoms with van der Waals surface area (Å²) in [6.07, 6.45) is 3.14. The van der Waals surface area contributed by atoms with Crippen molar-refractivity contribution in [1.82, 2.24) is 0 Å². The average molecular weight is 298 g/mol. The summed E-state index contributed by atoms with van der Waals surface area (Å²) < 4.78 is 35.3. The largest absolute Gasteiger partial charge is 0.586 e. The zero-order valence-corrected chi connectivity index (χ0v) is 13.0. The molecule has 2 nitrogen and oxygen atoms in total. The Labute approximate surface area is 125 Å². The van der Waals surface area contributed by atoms with Crippen LogP contribution in [0.5, 0.6) is 11.5 Å². The topological polar surface area (TPSA) is 18.5 Å². The Balaban J connectivity index is 2.22. The predicted molar refractivity (Wildman–Crippen MR) is 79.0 cm³/mol. The van der Waals surface area contributed by atoms with Gasteiger partial charge < -0.3 is 9.47 Å². The van der Waals surface area contributed by atoms with E-state index in [4.69, 9.17) is 0 Å². The first-order chi connectivity index (χ1) is 9.90. The number of unbranched alkanes of at least 4 members (excludes halogenated alkanes) is 2. The summed E-state index contributed by atoms with van der Waals surface area (Å²) in [5.74, 6) is 0.270. The van der Waals surface area contributed by atoms with Crippen molar-refractivity contribution in [3.05, 3.63) is 23.8 Å². The Morgan fingerprint density at radius 2 is 1.71 bits per heavy atom. The molecular weight excluding hydrogens is 274 g/mol. The van der Waals surface area contributed by atoms with E-state index in [-0.39, 0.29) is 16.9 Å². The van der Waals surface area contributed by atoms with Gasteiger partial charge in [-0.25, -0.2) is 0 Å². The highest BCUT2D eigenvalue weighted by molar-refractivity contribution is 5.47. The van der Waals surface area contributed by atoms with Crippen LogP contribution >= 0.6 is 0 Å². The van der Waals surface area contributed by atoms with Crippen LogP contribution in [0.1, 0.15) is 64.9 Å². The van der Waals surface area contributed by atoms with Crippen molar-refractivity contribution in [3.63, 3.8) is 0 Å². The maximum atomic E-state index is 13.1. The Hall–Kier alpha value is -1.32. The van der Waals surface area contributed by atoms with Gasteiger partial charge in [0.1, 0.15) is 0 Å². The van der Waals surface area contributed by atoms with Crippen molar-refractivity contribution in [2.24, 2.45) is 0 Å². The Bertz CT molecular complexity index is 488. The Kier molecular flexibility index (Phi) is 4.74. The van der Waals surface area contributed by atoms with E-state index >= 15 is 0 Å². The third-order valence-electron chi connectivity index (χ3n) is 4.23. The third kappa shape index (κ3) is 3.66. The second kappa shape index (κ2) is 6.20. The van der Waals surface area contributed by atoms with Crippen LogP contribution in [0.2, 0.25) is 0 Å². The number of fused-ring (bicyclic) bond motifs is 1. The molecule has 1 aromatic carbocycles. The first-order valence-electron chi connectivity index (χ1n) is 7.80. The van der Waals surface area contributed by atoms with Gasteiger partial charge in [-0.1, -0.05) is 52.5 Å². The van der Waals surface area contributed by atoms with Gasteiger partial charge in [0, 0.05) is 0 Å². The molecule has 0 aromatic heterocycles. The highest BCUT2D eigenvalue weighted by atomic mass is 19.3. The molecule has 1 unspecified atom stereocenters. The zero-order chi connectivity index (χ0) is 15.5. The average Bonchev–Trinajstić information content (AvgIpc) is 2.72. The molecule has 1 aliphatic heterocycles. The monoisotopic (exact) mass is 298 g/mol. The van der Waals surface area contributed by atoms with Gasteiger partial charge >= 0.3 is 6.29 Å². The van der Waals surface area contributed by atoms with E-state index < -0.39 is 6.29 Å². The molecule has 0 aliphatic carbocycles. The lowest BCUT2D eigenvalue weighted by Crippen LogP contribution is -2.26. The quantitative estimate of drug-likeness (QED) is 0.606. The highest BCUT2D eigenvalue weighted by Gasteiger charge is 2.44. The smallest absolute Gasteiger partial charge is 0.395 e. The van der Waals surface area contributed by atoms with Crippen molar-refractivity contribution in [1.29, 1.82) is 0 Å². The van der Waals surface area contributed by atoms with Gasteiger partial charge in [-0.15, -0.1) is 8.78 Å². The van der Waals surface area contributed by atoms with Crippen LogP contribution in [0.4, 0.5) is 8.78 Å². The van der Waals surface area contributed by atoms with Gasteiger partial charge in [-0.05, 0) is 36.0 Å². The van der Waals surface area contributed by atoms with Gasteiger partial charge in [0.25, 0.3) is 0 Å². The van der Waals surface area contributed by atoms with E-state index in [9.17, 15) is 8.78 Å². The van der Waals surface area contributed by atoms with Gasteiger partial charge in [-0.2, -0.15) is 0 Å². The molecule has 1 heterocycles. The molecule has 21 heavy (non-hydrogen) atoms. The number of ether oxygens (including phenoxy) is 2. The number of halogens is 2. The van der Waals surface area contributed by atoms with Gasteiger partial charge in [0.05, 0.1) is 0 Å². The Morgan fingerprint density at radius 1 is 1.00 bits per heavy atom. The summed E-state index contributed by atoms with van der Waals surface area (Å²) in [6, 6.07) is 5.21. The molecule has 1 aliphatic rings. The molecule has 0 saturated carbocycles. The molecule has 0 N–H and O–H groups in total. The van der Waals surface area contributed by atoms with E-state index in [1.54, 1.807) is 12.1 Å². The highest BCUT2D eigenvalue weighted by Crippen LogP contribution is 2.44. The van der Waals surface area contributed by atoms with Crippen LogP contribution in [0.3, 0.4) is 0 Å². The first-order valence-corrected chi connectivity index (χ1v) is 7.80. The van der Waals surface area contributed by atoms with Crippen molar-refractivity contribution in [3.8, 4) is 11.5 Å². The molecule has 1 atom stereocenters. The zero-order valence-electron chi connectivity index (χ0n) is 13.0. The van der Waals surface area contributed by atoms with Gasteiger partial charge in [0.15, 0.2) is 11.5 Å². The fourth-order valence-corrected chi connectivity index (χ4v) is 3.06. The molecule has 0 amide bonds. The minimum atomic E-state index is -3.54. The summed E-state index contributed by atoms with van der Waals surface area (Å²) in [5, 5.41) is 0. The predicted octanol–water partition coefficient (Wildman–Crippen LogP) is 5.65. The summed E-state index contributed by atoms with van der Waals surface area (Å²) in [6.45, 7) is 6.54. The van der Waals surface area contributed by atoms with Crippen molar-refractivity contribution >= 4 is 0 Å². The van der Waals surface area contributed by atoms with Gasteiger partial charge in [-0.3, -0.25) is 0 Å². The molecule has 1 aromatic rings. The van der Waals surface area contributed by atoms with Crippen LogP contribution in [-0.4, -0.2) is 6.29 Å². The van der Waals surface area contributed by atoms with Crippen LogP contribution < -0.4 is 9.47 Å². The van der Waals surface area contributed by atoms with Crippen LogP contribution in [-0.2, 0) is 5.41 Å². The maximum Gasteiger partial charge on any atom is 0.586 e. The third-order valence-corrected chi connectivity index (χ3v) is 4.23.